The molecule has 7 heteroatoms. The fraction of sp³-hybridized carbons (Fsp3) is 0.222. The Labute approximate surface area is 150 Å². The summed E-state index contributed by atoms with van der Waals surface area (Å²) in [6, 6.07) is 16.2. The summed E-state index contributed by atoms with van der Waals surface area (Å²) < 4.78 is 1.40. The van der Waals surface area contributed by atoms with Gasteiger partial charge in [-0.15, -0.1) is 0 Å². The molecule has 0 bridgehead atoms. The topological polar surface area (TPSA) is 57.2 Å². The van der Waals surface area contributed by atoms with Gasteiger partial charge in [-0.3, -0.25) is 0 Å². The third kappa shape index (κ3) is 3.13. The van der Waals surface area contributed by atoms with Gasteiger partial charge < -0.3 is 9.80 Å². The Morgan fingerprint density at radius 1 is 0.920 bits per heavy atom. The molecule has 0 amide bonds. The molecule has 0 aliphatic carbocycles. The van der Waals surface area contributed by atoms with Gasteiger partial charge in [-0.2, -0.15) is 5.10 Å². The summed E-state index contributed by atoms with van der Waals surface area (Å²) in [5.74, 6) is 0. The molecule has 0 unspecified atom stereocenters. The summed E-state index contributed by atoms with van der Waals surface area (Å²) in [6.45, 7) is 3.78. The maximum absolute atomic E-state index is 11.7. The maximum atomic E-state index is 11.7. The van der Waals surface area contributed by atoms with E-state index in [-0.39, 0.29) is 5.69 Å². The van der Waals surface area contributed by atoms with Crippen molar-refractivity contribution in [2.45, 2.75) is 0 Å². The number of aromatic amines is 1. The zero-order valence-electron chi connectivity index (χ0n) is 13.6. The maximum Gasteiger partial charge on any atom is 0.347 e. The summed E-state index contributed by atoms with van der Waals surface area (Å²) in [6.07, 6.45) is 1.43. The van der Waals surface area contributed by atoms with Gasteiger partial charge in [0.15, 0.2) is 0 Å². The van der Waals surface area contributed by atoms with Crippen molar-refractivity contribution in [2.24, 2.45) is 0 Å². The van der Waals surface area contributed by atoms with Crippen LogP contribution in [0.5, 0.6) is 0 Å². The van der Waals surface area contributed by atoms with Gasteiger partial charge in [-0.25, -0.2) is 14.5 Å². The van der Waals surface area contributed by atoms with Gasteiger partial charge in [0.05, 0.1) is 10.7 Å². The molecule has 0 saturated carbocycles. The Balaban J connectivity index is 1.49. The highest BCUT2D eigenvalue weighted by Crippen LogP contribution is 2.27. The number of aromatic nitrogens is 3. The highest BCUT2D eigenvalue weighted by Gasteiger charge is 2.18. The molecule has 2 heterocycles. The molecule has 1 N–H and O–H groups in total. The van der Waals surface area contributed by atoms with E-state index in [0.717, 1.165) is 31.9 Å². The standard InChI is InChI=1S/C18H18ClN5O/c19-16-12-15(6-7-17(16)24-13-20-21-18(24)25)23-10-8-22(9-11-23)14-4-2-1-3-5-14/h1-7,12-13H,8-11H2,(H,21,25). The van der Waals surface area contributed by atoms with E-state index in [2.05, 4.69) is 44.3 Å². The second-order valence-electron chi connectivity index (χ2n) is 5.98. The Morgan fingerprint density at radius 2 is 1.60 bits per heavy atom. The molecule has 0 spiro atoms. The lowest BCUT2D eigenvalue weighted by Crippen LogP contribution is -2.46. The van der Waals surface area contributed by atoms with Gasteiger partial charge in [0.2, 0.25) is 0 Å². The first-order chi connectivity index (χ1) is 12.2. The monoisotopic (exact) mass is 355 g/mol. The highest BCUT2D eigenvalue weighted by molar-refractivity contribution is 6.32. The van der Waals surface area contributed by atoms with Gasteiger partial charge in [0, 0.05) is 37.6 Å². The van der Waals surface area contributed by atoms with Crippen molar-refractivity contribution >= 4 is 23.0 Å². The van der Waals surface area contributed by atoms with Gasteiger partial charge in [-0.1, -0.05) is 29.8 Å². The third-order valence-electron chi connectivity index (χ3n) is 4.51. The fourth-order valence-corrected chi connectivity index (χ4v) is 3.44. The van der Waals surface area contributed by atoms with Crippen molar-refractivity contribution in [3.8, 4) is 5.69 Å². The van der Waals surface area contributed by atoms with E-state index >= 15 is 0 Å². The number of nitrogens with one attached hydrogen (secondary N) is 1. The second-order valence-corrected chi connectivity index (χ2v) is 6.38. The Kier molecular flexibility index (Phi) is 4.19. The molecule has 1 aliphatic heterocycles. The van der Waals surface area contributed by atoms with E-state index in [1.165, 1.54) is 16.6 Å². The molecule has 0 atom stereocenters. The van der Waals surface area contributed by atoms with Crippen LogP contribution < -0.4 is 15.5 Å². The molecule has 0 radical (unpaired) electrons. The molecular weight excluding hydrogens is 338 g/mol. The van der Waals surface area contributed by atoms with Crippen molar-refractivity contribution in [3.63, 3.8) is 0 Å². The van der Waals surface area contributed by atoms with E-state index in [9.17, 15) is 4.79 Å². The molecule has 3 aromatic rings. The minimum Gasteiger partial charge on any atom is -0.368 e. The number of rotatable bonds is 3. The molecule has 1 aliphatic rings. The van der Waals surface area contributed by atoms with E-state index in [1.807, 2.05) is 24.3 Å². The van der Waals surface area contributed by atoms with E-state index in [4.69, 9.17) is 11.6 Å². The summed E-state index contributed by atoms with van der Waals surface area (Å²) in [7, 11) is 0. The van der Waals surface area contributed by atoms with Crippen LogP contribution in [-0.2, 0) is 0 Å². The van der Waals surface area contributed by atoms with Crippen LogP contribution in [0, 0.1) is 0 Å². The lowest BCUT2D eigenvalue weighted by molar-refractivity contribution is 0.653. The second kappa shape index (κ2) is 6.64. The number of nitrogens with zero attached hydrogens (tertiary/aromatic N) is 4. The fourth-order valence-electron chi connectivity index (χ4n) is 3.17. The number of hydrogen-bond donors (Lipinski definition) is 1. The Morgan fingerprint density at radius 3 is 2.20 bits per heavy atom. The van der Waals surface area contributed by atoms with E-state index in [0.29, 0.717) is 10.7 Å². The first kappa shape index (κ1) is 15.8. The van der Waals surface area contributed by atoms with Crippen LogP contribution in [0.15, 0.2) is 59.7 Å². The Hall–Kier alpha value is -2.73. The molecule has 6 nitrogen and oxygen atoms in total. The van der Waals surface area contributed by atoms with Crippen molar-refractivity contribution in [1.29, 1.82) is 0 Å². The minimum atomic E-state index is -0.300. The van der Waals surface area contributed by atoms with Crippen molar-refractivity contribution in [3.05, 3.63) is 70.4 Å². The highest BCUT2D eigenvalue weighted by atomic mass is 35.5. The zero-order valence-corrected chi connectivity index (χ0v) is 14.4. The third-order valence-corrected chi connectivity index (χ3v) is 4.81. The van der Waals surface area contributed by atoms with E-state index in [1.54, 1.807) is 0 Å². The van der Waals surface area contributed by atoms with E-state index < -0.39 is 0 Å². The Bertz CT molecular complexity index is 912. The van der Waals surface area contributed by atoms with Crippen LogP contribution >= 0.6 is 11.6 Å². The average Bonchev–Trinajstić information content (AvgIpc) is 3.08. The van der Waals surface area contributed by atoms with Crippen LogP contribution in [0.25, 0.3) is 5.69 Å². The lowest BCUT2D eigenvalue weighted by atomic mass is 10.2. The smallest absolute Gasteiger partial charge is 0.347 e. The number of H-pyrrole nitrogens is 1. The number of benzene rings is 2. The summed E-state index contributed by atoms with van der Waals surface area (Å²) >= 11 is 6.40. The SMILES string of the molecule is O=c1[nH]ncn1-c1ccc(N2CCN(c3ccccc3)CC2)cc1Cl. The molecular formula is C18H18ClN5O. The minimum absolute atomic E-state index is 0.300. The quantitative estimate of drug-likeness (QED) is 0.784. The summed E-state index contributed by atoms with van der Waals surface area (Å²) in [5, 5.41) is 6.65. The van der Waals surface area contributed by atoms with Crippen LogP contribution in [-0.4, -0.2) is 40.9 Å². The molecule has 1 aromatic heterocycles. The molecule has 2 aromatic carbocycles. The largest absolute Gasteiger partial charge is 0.368 e. The number of hydrogen-bond acceptors (Lipinski definition) is 4. The molecule has 25 heavy (non-hydrogen) atoms. The van der Waals surface area contributed by atoms with Crippen LogP contribution in [0.2, 0.25) is 5.02 Å². The normalized spacial score (nSPS) is 14.8. The summed E-state index contributed by atoms with van der Waals surface area (Å²) in [4.78, 5) is 16.4. The molecule has 4 rings (SSSR count). The number of piperazine rings is 1. The van der Waals surface area contributed by atoms with Crippen molar-refractivity contribution in [2.75, 3.05) is 36.0 Å². The van der Waals surface area contributed by atoms with Crippen molar-refractivity contribution in [1.82, 2.24) is 14.8 Å². The van der Waals surface area contributed by atoms with Gasteiger partial charge in [0.25, 0.3) is 0 Å². The van der Waals surface area contributed by atoms with Gasteiger partial charge in [-0.05, 0) is 30.3 Å². The zero-order chi connectivity index (χ0) is 17.2. The number of para-hydroxylation sites is 1. The van der Waals surface area contributed by atoms with Crippen molar-refractivity contribution < 1.29 is 0 Å². The summed E-state index contributed by atoms with van der Waals surface area (Å²) in [5.41, 5.74) is 2.66. The first-order valence-corrected chi connectivity index (χ1v) is 8.57. The lowest BCUT2D eigenvalue weighted by Gasteiger charge is -2.37. The predicted molar refractivity (Wildman–Crippen MR) is 100 cm³/mol. The molecule has 1 saturated heterocycles. The first-order valence-electron chi connectivity index (χ1n) is 8.19. The van der Waals surface area contributed by atoms with Gasteiger partial charge >= 0.3 is 5.69 Å². The molecule has 1 fully saturated rings. The van der Waals surface area contributed by atoms with Crippen LogP contribution in [0.1, 0.15) is 0 Å². The predicted octanol–water partition coefficient (Wildman–Crippen LogP) is 2.54. The number of halogens is 1. The number of anilines is 2. The van der Waals surface area contributed by atoms with Gasteiger partial charge in [0.1, 0.15) is 6.33 Å². The van der Waals surface area contributed by atoms with Crippen LogP contribution in [0.3, 0.4) is 0 Å². The molecule has 128 valence electrons. The average molecular weight is 356 g/mol. The van der Waals surface area contributed by atoms with Crippen LogP contribution in [0.4, 0.5) is 11.4 Å².